The molecule has 0 N–H and O–H groups in total. The van der Waals surface area contributed by atoms with Gasteiger partial charge >= 0.3 is 11.9 Å². The summed E-state index contributed by atoms with van der Waals surface area (Å²) >= 11 is 0. The van der Waals surface area contributed by atoms with E-state index in [1.54, 1.807) is 5.57 Å². The molecule has 5 aliphatic rings. The van der Waals surface area contributed by atoms with Crippen LogP contribution in [0.2, 0.25) is 0 Å². The van der Waals surface area contributed by atoms with Gasteiger partial charge in [0.25, 0.3) is 0 Å². The maximum atomic E-state index is 11.5. The van der Waals surface area contributed by atoms with Gasteiger partial charge in [0.1, 0.15) is 12.2 Å². The summed E-state index contributed by atoms with van der Waals surface area (Å²) in [6.07, 6.45) is 12.9. The highest BCUT2D eigenvalue weighted by Gasteiger charge is 2.63. The van der Waals surface area contributed by atoms with Crippen LogP contribution in [-0.2, 0) is 23.8 Å². The fraction of sp³-hybridized carbons (Fsp3) is 0.806. The van der Waals surface area contributed by atoms with E-state index in [0.29, 0.717) is 35.9 Å². The molecule has 0 radical (unpaired) electrons. The second kappa shape index (κ2) is 9.51. The monoisotopic (exact) mass is 498 g/mol. The van der Waals surface area contributed by atoms with E-state index in [9.17, 15) is 9.59 Å². The summed E-state index contributed by atoms with van der Waals surface area (Å²) in [5.74, 6) is 3.93. The van der Waals surface area contributed by atoms with E-state index in [2.05, 4.69) is 33.8 Å². The Morgan fingerprint density at radius 1 is 1.14 bits per heavy atom. The van der Waals surface area contributed by atoms with Crippen molar-refractivity contribution >= 4 is 11.9 Å². The molecule has 0 unspecified atom stereocenters. The molecule has 0 aromatic rings. The van der Waals surface area contributed by atoms with Crippen molar-refractivity contribution in [1.29, 1.82) is 0 Å². The number of fused-ring (bicyclic) bond motifs is 7. The quantitative estimate of drug-likeness (QED) is 0.299. The lowest BCUT2D eigenvalue weighted by atomic mass is 9.47. The van der Waals surface area contributed by atoms with Gasteiger partial charge < -0.3 is 14.2 Å². The Hall–Kier alpha value is -1.78. The number of hydrogen-bond acceptors (Lipinski definition) is 5. The Labute approximate surface area is 217 Å². The SMILES string of the molecule is CC(=O)OC[C@@H](C)CCC1=C(C)[C@H]2[C@@H](C[C@H]3[C@@H]4CC=C5C[C@@H](OC(C)=O)CC[C@]5(C)[C@H]4CC[C@@]32C)O1. The van der Waals surface area contributed by atoms with Crippen molar-refractivity contribution in [2.24, 2.45) is 40.4 Å². The predicted octanol–water partition coefficient (Wildman–Crippen LogP) is 6.76. The third-order valence-corrected chi connectivity index (χ3v) is 11.0. The van der Waals surface area contributed by atoms with Crippen LogP contribution in [0.5, 0.6) is 0 Å². The van der Waals surface area contributed by atoms with Crippen LogP contribution >= 0.6 is 0 Å². The molecule has 0 saturated heterocycles. The standard InChI is InChI=1S/C31H46O5/c1-18(17-34-20(3)32)7-10-27-19(2)29-28(36-27)16-26-24-9-8-22-15-23(35-21(4)33)11-13-30(22,5)25(24)12-14-31(26,29)6/h8,18,23-26,28-29H,7,9-17H2,1-6H3/t18-,23-,24+,25-,26-,28+,29-,30-,31-/m0/s1. The van der Waals surface area contributed by atoms with Crippen molar-refractivity contribution in [2.45, 2.75) is 112 Å². The lowest BCUT2D eigenvalue weighted by Gasteiger charge is -2.58. The molecule has 0 bridgehead atoms. The number of allylic oxidation sites excluding steroid dienone is 2. The van der Waals surface area contributed by atoms with E-state index in [1.807, 2.05) is 0 Å². The van der Waals surface area contributed by atoms with Crippen molar-refractivity contribution in [3.63, 3.8) is 0 Å². The predicted molar refractivity (Wildman–Crippen MR) is 139 cm³/mol. The Morgan fingerprint density at radius 3 is 2.64 bits per heavy atom. The topological polar surface area (TPSA) is 61.8 Å². The van der Waals surface area contributed by atoms with Gasteiger partial charge in [-0.3, -0.25) is 9.59 Å². The maximum Gasteiger partial charge on any atom is 0.302 e. The average Bonchev–Trinajstić information content (AvgIpc) is 3.29. The zero-order valence-corrected chi connectivity index (χ0v) is 23.2. The second-order valence-electron chi connectivity index (χ2n) is 13.2. The molecule has 5 nitrogen and oxygen atoms in total. The van der Waals surface area contributed by atoms with Gasteiger partial charge in [-0.2, -0.15) is 0 Å². The van der Waals surface area contributed by atoms with E-state index in [1.165, 1.54) is 50.9 Å². The highest BCUT2D eigenvalue weighted by molar-refractivity contribution is 5.66. The largest absolute Gasteiger partial charge is 0.494 e. The third-order valence-electron chi connectivity index (χ3n) is 11.0. The molecule has 3 fully saturated rings. The van der Waals surface area contributed by atoms with E-state index in [4.69, 9.17) is 14.2 Å². The molecule has 1 aliphatic heterocycles. The van der Waals surface area contributed by atoms with Crippen LogP contribution in [0.15, 0.2) is 23.0 Å². The molecule has 1 heterocycles. The fourth-order valence-electron chi connectivity index (χ4n) is 9.27. The molecule has 3 saturated carbocycles. The lowest BCUT2D eigenvalue weighted by Crippen LogP contribution is -2.50. The molecule has 0 amide bonds. The molecular weight excluding hydrogens is 452 g/mol. The highest BCUT2D eigenvalue weighted by atomic mass is 16.5. The summed E-state index contributed by atoms with van der Waals surface area (Å²) in [7, 11) is 0. The van der Waals surface area contributed by atoms with Gasteiger partial charge in [-0.15, -0.1) is 0 Å². The normalized spacial score (nSPS) is 41.8. The molecule has 9 atom stereocenters. The fourth-order valence-corrected chi connectivity index (χ4v) is 9.27. The minimum Gasteiger partial charge on any atom is -0.494 e. The molecular formula is C31H46O5. The maximum absolute atomic E-state index is 11.5. The third kappa shape index (κ3) is 4.32. The van der Waals surface area contributed by atoms with Crippen LogP contribution in [0.25, 0.3) is 0 Å². The Morgan fingerprint density at radius 2 is 1.92 bits per heavy atom. The number of ether oxygens (including phenoxy) is 3. The van der Waals surface area contributed by atoms with Gasteiger partial charge in [0.05, 0.1) is 12.4 Å². The van der Waals surface area contributed by atoms with Crippen LogP contribution in [0, 0.1) is 40.4 Å². The Bertz CT molecular complexity index is 964. The summed E-state index contributed by atoms with van der Waals surface area (Å²) in [5.41, 5.74) is 3.62. The van der Waals surface area contributed by atoms with Crippen molar-refractivity contribution in [3.05, 3.63) is 23.0 Å². The van der Waals surface area contributed by atoms with Crippen LogP contribution in [0.4, 0.5) is 0 Å². The summed E-state index contributed by atoms with van der Waals surface area (Å²) in [5, 5.41) is 0. The second-order valence-corrected chi connectivity index (χ2v) is 13.2. The smallest absolute Gasteiger partial charge is 0.302 e. The number of carbonyl (C=O) groups is 2. The number of esters is 2. The summed E-state index contributed by atoms with van der Waals surface area (Å²) in [6.45, 7) is 13.1. The molecule has 0 spiro atoms. The minimum atomic E-state index is -0.200. The molecule has 0 aromatic heterocycles. The first kappa shape index (κ1) is 25.9. The molecule has 36 heavy (non-hydrogen) atoms. The molecule has 4 aliphatic carbocycles. The van der Waals surface area contributed by atoms with Gasteiger partial charge in [-0.1, -0.05) is 32.4 Å². The van der Waals surface area contributed by atoms with Crippen molar-refractivity contribution in [2.75, 3.05) is 6.61 Å². The van der Waals surface area contributed by atoms with Gasteiger partial charge in [0, 0.05) is 32.6 Å². The van der Waals surface area contributed by atoms with Crippen LogP contribution in [0.1, 0.15) is 99.3 Å². The van der Waals surface area contributed by atoms with Gasteiger partial charge in [-0.25, -0.2) is 0 Å². The van der Waals surface area contributed by atoms with Gasteiger partial charge in [0.2, 0.25) is 0 Å². The first-order valence-electron chi connectivity index (χ1n) is 14.4. The van der Waals surface area contributed by atoms with Gasteiger partial charge in [0.15, 0.2) is 0 Å². The molecule has 5 rings (SSSR count). The zero-order chi connectivity index (χ0) is 25.8. The van der Waals surface area contributed by atoms with E-state index in [-0.39, 0.29) is 23.5 Å². The van der Waals surface area contributed by atoms with Crippen molar-refractivity contribution in [3.8, 4) is 0 Å². The average molecular weight is 499 g/mol. The van der Waals surface area contributed by atoms with E-state index >= 15 is 0 Å². The Kier molecular flexibility index (Phi) is 6.83. The first-order valence-corrected chi connectivity index (χ1v) is 14.4. The number of hydrogen-bond donors (Lipinski definition) is 0. The van der Waals surface area contributed by atoms with Crippen LogP contribution < -0.4 is 0 Å². The molecule has 200 valence electrons. The van der Waals surface area contributed by atoms with Crippen LogP contribution in [-0.4, -0.2) is 30.8 Å². The van der Waals surface area contributed by atoms with Crippen LogP contribution in [0.3, 0.4) is 0 Å². The molecule has 0 aromatic carbocycles. The first-order chi connectivity index (χ1) is 17.0. The van der Waals surface area contributed by atoms with E-state index < -0.39 is 0 Å². The highest BCUT2D eigenvalue weighted by Crippen LogP contribution is 2.69. The van der Waals surface area contributed by atoms with Crippen molar-refractivity contribution in [1.82, 2.24) is 0 Å². The van der Waals surface area contributed by atoms with Crippen molar-refractivity contribution < 1.29 is 23.8 Å². The minimum absolute atomic E-state index is 0.0643. The number of rotatable bonds is 6. The zero-order valence-electron chi connectivity index (χ0n) is 23.2. The summed E-state index contributed by atoms with van der Waals surface area (Å²) < 4.78 is 17.5. The van der Waals surface area contributed by atoms with Gasteiger partial charge in [-0.05, 0) is 91.9 Å². The number of carbonyl (C=O) groups excluding carboxylic acids is 2. The molecule has 5 heteroatoms. The Balaban J connectivity index is 1.29. The summed E-state index contributed by atoms with van der Waals surface area (Å²) in [6, 6.07) is 0. The summed E-state index contributed by atoms with van der Waals surface area (Å²) in [4.78, 5) is 22.7. The van der Waals surface area contributed by atoms with E-state index in [0.717, 1.165) is 43.9 Å². The lowest BCUT2D eigenvalue weighted by molar-refractivity contribution is -0.148.